The maximum absolute atomic E-state index is 12.7. The van der Waals surface area contributed by atoms with E-state index in [-0.39, 0.29) is 11.7 Å². The second-order valence-corrected chi connectivity index (χ2v) is 7.39. The third-order valence-electron chi connectivity index (χ3n) is 5.48. The number of carbonyl (C=O) groups is 2. The van der Waals surface area contributed by atoms with Crippen molar-refractivity contribution in [3.8, 4) is 11.1 Å². The summed E-state index contributed by atoms with van der Waals surface area (Å²) in [6, 6.07) is 20.6. The lowest BCUT2D eigenvalue weighted by Crippen LogP contribution is -2.12. The Labute approximate surface area is 174 Å². The highest BCUT2D eigenvalue weighted by atomic mass is 16.1. The zero-order valence-corrected chi connectivity index (χ0v) is 16.4. The molecule has 1 amide bonds. The molecule has 0 saturated heterocycles. The van der Waals surface area contributed by atoms with E-state index in [1.54, 1.807) is 18.3 Å². The summed E-state index contributed by atoms with van der Waals surface area (Å²) in [5, 5.41) is 2.91. The first kappa shape index (κ1) is 18.1. The Bertz CT molecular complexity index is 1290. The molecule has 146 valence electrons. The number of aromatic nitrogens is 2. The topological polar surface area (TPSA) is 64.0 Å². The fraction of sp³-hybridized carbons (Fsp3) is 0.0800. The standard InChI is InChI=1S/C25H19N3O2/c1-16-26-12-13-28(16)15-17-6-9-19(10-7-17)27-25(30)18-8-11-21-20-4-2-3-5-22(20)24(29)23(21)14-18/h2-14H,15H2,1H3,(H,27,30). The molecule has 0 bridgehead atoms. The zero-order valence-electron chi connectivity index (χ0n) is 16.4. The Balaban J connectivity index is 1.33. The van der Waals surface area contributed by atoms with E-state index in [1.807, 2.05) is 67.7 Å². The van der Waals surface area contributed by atoms with Crippen molar-refractivity contribution >= 4 is 17.4 Å². The molecule has 1 aromatic heterocycles. The molecule has 0 unspecified atom stereocenters. The van der Waals surface area contributed by atoms with Gasteiger partial charge < -0.3 is 9.88 Å². The molecule has 0 spiro atoms. The fourth-order valence-corrected chi connectivity index (χ4v) is 3.83. The minimum Gasteiger partial charge on any atom is -0.331 e. The van der Waals surface area contributed by atoms with Crippen molar-refractivity contribution in [2.75, 3.05) is 5.32 Å². The summed E-state index contributed by atoms with van der Waals surface area (Å²) >= 11 is 0. The molecule has 0 atom stereocenters. The van der Waals surface area contributed by atoms with Gasteiger partial charge in [0, 0.05) is 41.3 Å². The lowest BCUT2D eigenvalue weighted by atomic mass is 10.0. The summed E-state index contributed by atoms with van der Waals surface area (Å²) in [6.07, 6.45) is 3.72. The van der Waals surface area contributed by atoms with Crippen molar-refractivity contribution in [3.05, 3.63) is 107 Å². The maximum atomic E-state index is 12.7. The Morgan fingerprint density at radius 3 is 2.40 bits per heavy atom. The van der Waals surface area contributed by atoms with Crippen LogP contribution in [-0.2, 0) is 6.54 Å². The Hall–Kier alpha value is -3.99. The monoisotopic (exact) mass is 393 g/mol. The van der Waals surface area contributed by atoms with E-state index in [0.29, 0.717) is 22.4 Å². The average molecular weight is 393 g/mol. The number of anilines is 1. The Kier molecular flexibility index (Phi) is 4.29. The molecule has 0 fully saturated rings. The van der Waals surface area contributed by atoms with Crippen LogP contribution in [0.3, 0.4) is 0 Å². The molecule has 1 N–H and O–H groups in total. The van der Waals surface area contributed by atoms with Crippen molar-refractivity contribution in [1.29, 1.82) is 0 Å². The molecule has 0 aliphatic heterocycles. The number of amides is 1. The number of rotatable bonds is 4. The summed E-state index contributed by atoms with van der Waals surface area (Å²) < 4.78 is 2.06. The van der Waals surface area contributed by atoms with Crippen LogP contribution in [0.1, 0.15) is 37.7 Å². The molecule has 5 rings (SSSR count). The maximum Gasteiger partial charge on any atom is 0.255 e. The minimum absolute atomic E-state index is 0.0330. The van der Waals surface area contributed by atoms with Crippen LogP contribution < -0.4 is 5.32 Å². The van der Waals surface area contributed by atoms with Crippen LogP contribution in [0.5, 0.6) is 0 Å². The number of carbonyl (C=O) groups excluding carboxylic acids is 2. The zero-order chi connectivity index (χ0) is 20.7. The number of nitrogens with zero attached hydrogens (tertiary/aromatic N) is 2. The van der Waals surface area contributed by atoms with Gasteiger partial charge in [0.25, 0.3) is 5.91 Å². The Morgan fingerprint density at radius 1 is 0.933 bits per heavy atom. The third-order valence-corrected chi connectivity index (χ3v) is 5.48. The van der Waals surface area contributed by atoms with E-state index < -0.39 is 0 Å². The van der Waals surface area contributed by atoms with Gasteiger partial charge in [0.1, 0.15) is 5.82 Å². The first-order valence-corrected chi connectivity index (χ1v) is 9.76. The molecular weight excluding hydrogens is 374 g/mol. The first-order valence-electron chi connectivity index (χ1n) is 9.76. The Morgan fingerprint density at radius 2 is 1.67 bits per heavy atom. The molecule has 3 aromatic carbocycles. The third kappa shape index (κ3) is 3.10. The number of imidazole rings is 1. The summed E-state index contributed by atoms with van der Waals surface area (Å²) in [6.45, 7) is 2.70. The average Bonchev–Trinajstić information content (AvgIpc) is 3.30. The largest absolute Gasteiger partial charge is 0.331 e. The van der Waals surface area contributed by atoms with Gasteiger partial charge in [-0.2, -0.15) is 0 Å². The van der Waals surface area contributed by atoms with Crippen LogP contribution in [-0.4, -0.2) is 21.2 Å². The molecule has 1 heterocycles. The number of nitrogens with one attached hydrogen (secondary N) is 1. The second-order valence-electron chi connectivity index (χ2n) is 7.39. The van der Waals surface area contributed by atoms with Crippen molar-refractivity contribution in [3.63, 3.8) is 0 Å². The van der Waals surface area contributed by atoms with E-state index >= 15 is 0 Å². The van der Waals surface area contributed by atoms with Crippen LogP contribution in [0.25, 0.3) is 11.1 Å². The normalized spacial score (nSPS) is 11.8. The number of hydrogen-bond donors (Lipinski definition) is 1. The van der Waals surface area contributed by atoms with Crippen LogP contribution in [0, 0.1) is 6.92 Å². The van der Waals surface area contributed by atoms with Gasteiger partial charge in [-0.25, -0.2) is 4.98 Å². The number of ketones is 1. The lowest BCUT2D eigenvalue weighted by Gasteiger charge is -2.09. The molecule has 0 saturated carbocycles. The number of aryl methyl sites for hydroxylation is 1. The molecule has 4 aromatic rings. The van der Waals surface area contributed by atoms with Crippen LogP contribution in [0.2, 0.25) is 0 Å². The van der Waals surface area contributed by atoms with Gasteiger partial charge in [0.15, 0.2) is 5.78 Å². The summed E-state index contributed by atoms with van der Waals surface area (Å²) in [4.78, 5) is 29.6. The van der Waals surface area contributed by atoms with Gasteiger partial charge in [-0.15, -0.1) is 0 Å². The molecule has 1 aliphatic rings. The number of hydrogen-bond acceptors (Lipinski definition) is 3. The van der Waals surface area contributed by atoms with E-state index in [2.05, 4.69) is 14.9 Å². The highest BCUT2D eigenvalue weighted by molar-refractivity contribution is 6.22. The molecule has 1 aliphatic carbocycles. The molecule has 5 heteroatoms. The fourth-order valence-electron chi connectivity index (χ4n) is 3.83. The highest BCUT2D eigenvalue weighted by Gasteiger charge is 2.27. The summed E-state index contributed by atoms with van der Waals surface area (Å²) in [5.74, 6) is 0.690. The van der Waals surface area contributed by atoms with E-state index in [1.165, 1.54) is 0 Å². The predicted octanol–water partition coefficient (Wildman–Crippen LogP) is 4.70. The van der Waals surface area contributed by atoms with Crippen molar-refractivity contribution in [2.45, 2.75) is 13.5 Å². The lowest BCUT2D eigenvalue weighted by molar-refractivity contribution is 0.102. The number of benzene rings is 3. The number of fused-ring (bicyclic) bond motifs is 3. The summed E-state index contributed by atoms with van der Waals surface area (Å²) in [7, 11) is 0. The first-order chi connectivity index (χ1) is 14.6. The molecular formula is C25H19N3O2. The van der Waals surface area contributed by atoms with Gasteiger partial charge in [0.2, 0.25) is 0 Å². The van der Waals surface area contributed by atoms with Gasteiger partial charge in [-0.3, -0.25) is 9.59 Å². The van der Waals surface area contributed by atoms with Crippen molar-refractivity contribution in [1.82, 2.24) is 9.55 Å². The predicted molar refractivity (Wildman–Crippen MR) is 116 cm³/mol. The smallest absolute Gasteiger partial charge is 0.255 e. The van der Waals surface area contributed by atoms with Gasteiger partial charge in [-0.05, 0) is 47.9 Å². The SMILES string of the molecule is Cc1nccn1Cc1ccc(NC(=O)c2ccc3c(c2)C(=O)c2ccccc2-3)cc1. The van der Waals surface area contributed by atoms with Crippen molar-refractivity contribution in [2.24, 2.45) is 0 Å². The van der Waals surface area contributed by atoms with Crippen LogP contribution in [0.15, 0.2) is 79.1 Å². The quantitative estimate of drug-likeness (QED) is 0.481. The second kappa shape index (κ2) is 7.12. The van der Waals surface area contributed by atoms with Gasteiger partial charge in [-0.1, -0.05) is 42.5 Å². The van der Waals surface area contributed by atoms with Crippen molar-refractivity contribution < 1.29 is 9.59 Å². The molecule has 30 heavy (non-hydrogen) atoms. The highest BCUT2D eigenvalue weighted by Crippen LogP contribution is 2.36. The van der Waals surface area contributed by atoms with E-state index in [0.717, 1.165) is 29.1 Å². The minimum atomic E-state index is -0.236. The molecule has 0 radical (unpaired) electrons. The van der Waals surface area contributed by atoms with Gasteiger partial charge in [0.05, 0.1) is 0 Å². The van der Waals surface area contributed by atoms with E-state index in [9.17, 15) is 9.59 Å². The summed E-state index contributed by atoms with van der Waals surface area (Å²) in [5.41, 5.74) is 5.37. The van der Waals surface area contributed by atoms with Crippen LogP contribution in [0.4, 0.5) is 5.69 Å². The van der Waals surface area contributed by atoms with E-state index in [4.69, 9.17) is 0 Å². The van der Waals surface area contributed by atoms with Gasteiger partial charge >= 0.3 is 0 Å². The molecule has 5 nitrogen and oxygen atoms in total. The van der Waals surface area contributed by atoms with Crippen LogP contribution >= 0.6 is 0 Å².